The van der Waals surface area contributed by atoms with E-state index >= 15 is 0 Å². The highest BCUT2D eigenvalue weighted by atomic mass is 35.5. The Kier molecular flexibility index (Phi) is 6.20. The second-order valence-electron chi connectivity index (χ2n) is 10.5. The van der Waals surface area contributed by atoms with Crippen LogP contribution in [0.4, 0.5) is 0 Å². The van der Waals surface area contributed by atoms with E-state index < -0.39 is 0 Å². The van der Waals surface area contributed by atoms with Crippen molar-refractivity contribution in [2.75, 3.05) is 0 Å². The molecule has 2 heterocycles. The Morgan fingerprint density at radius 2 is 1.37 bits per heavy atom. The normalized spacial score (nSPS) is 13.1. The molecule has 8 rings (SSSR count). The average Bonchev–Trinajstić information content (AvgIpc) is 3.24. The molecule has 0 bridgehead atoms. The van der Waals surface area contributed by atoms with Gasteiger partial charge in [0.05, 0.1) is 5.02 Å². The third-order valence-electron chi connectivity index (χ3n) is 7.80. The van der Waals surface area contributed by atoms with E-state index in [4.69, 9.17) is 31.0 Å². The first-order chi connectivity index (χ1) is 21.2. The molecule has 1 aliphatic rings. The highest BCUT2D eigenvalue weighted by Gasteiger charge is 2.19. The molecule has 7 aromatic rings. The summed E-state index contributed by atoms with van der Waals surface area (Å²) in [7, 11) is 0. The van der Waals surface area contributed by atoms with Crippen molar-refractivity contribution in [1.82, 2.24) is 15.0 Å². The summed E-state index contributed by atoms with van der Waals surface area (Å²) in [6.45, 7) is 0. The van der Waals surface area contributed by atoms with Crippen molar-refractivity contribution < 1.29 is 4.42 Å². The number of halogens is 1. The summed E-state index contributed by atoms with van der Waals surface area (Å²) < 4.78 is 6.18. The first kappa shape index (κ1) is 25.4. The molecule has 5 aromatic carbocycles. The van der Waals surface area contributed by atoms with E-state index in [1.165, 1.54) is 11.1 Å². The van der Waals surface area contributed by atoms with Gasteiger partial charge in [-0.15, -0.1) is 0 Å². The lowest BCUT2D eigenvalue weighted by Crippen LogP contribution is -2.02. The molecule has 0 unspecified atom stereocenters. The van der Waals surface area contributed by atoms with Crippen LogP contribution in [0.15, 0.2) is 138 Å². The van der Waals surface area contributed by atoms with Gasteiger partial charge in [-0.05, 0) is 58.7 Å². The molecule has 1 aliphatic carbocycles. The molecule has 0 fully saturated rings. The molecule has 0 saturated carbocycles. The third kappa shape index (κ3) is 4.62. The highest BCUT2D eigenvalue weighted by Crippen LogP contribution is 2.40. The van der Waals surface area contributed by atoms with E-state index in [0.29, 0.717) is 28.1 Å². The molecule has 204 valence electrons. The molecule has 2 aromatic heterocycles. The van der Waals surface area contributed by atoms with Crippen molar-refractivity contribution in [3.8, 4) is 33.9 Å². The zero-order chi connectivity index (χ0) is 28.8. The van der Waals surface area contributed by atoms with E-state index in [1.807, 2.05) is 54.6 Å². The van der Waals surface area contributed by atoms with Crippen LogP contribution in [-0.2, 0) is 0 Å². The van der Waals surface area contributed by atoms with Crippen LogP contribution in [-0.4, -0.2) is 15.0 Å². The maximum Gasteiger partial charge on any atom is 0.164 e. The van der Waals surface area contributed by atoms with Crippen LogP contribution in [0.3, 0.4) is 0 Å². The summed E-state index contributed by atoms with van der Waals surface area (Å²) in [5.74, 6) is 1.78. The van der Waals surface area contributed by atoms with Crippen molar-refractivity contribution in [2.24, 2.45) is 0 Å². The van der Waals surface area contributed by atoms with Crippen LogP contribution in [0.25, 0.3) is 72.2 Å². The topological polar surface area (TPSA) is 51.8 Å². The second-order valence-corrected chi connectivity index (χ2v) is 10.9. The Bertz CT molecular complexity index is 2280. The number of furan rings is 1. The van der Waals surface area contributed by atoms with Crippen LogP contribution in [0.5, 0.6) is 0 Å². The van der Waals surface area contributed by atoms with Gasteiger partial charge in [0.25, 0.3) is 0 Å². The largest absolute Gasteiger partial charge is 0.454 e. The van der Waals surface area contributed by atoms with Gasteiger partial charge >= 0.3 is 0 Å². The molecule has 4 nitrogen and oxygen atoms in total. The van der Waals surface area contributed by atoms with Crippen molar-refractivity contribution in [3.63, 3.8) is 0 Å². The molecule has 0 N–H and O–H groups in total. The number of rotatable bonds is 4. The maximum atomic E-state index is 6.62. The SMILES string of the molecule is Clc1ccc(-c2nc(C3=CC=CCC=C3)nc(-c3ccc4cc(-c5ccccc5)ccc4c3)n2)c2c1oc1ccccc12. The van der Waals surface area contributed by atoms with Gasteiger partial charge in [-0.3, -0.25) is 0 Å². The van der Waals surface area contributed by atoms with Crippen molar-refractivity contribution in [2.45, 2.75) is 6.42 Å². The smallest absolute Gasteiger partial charge is 0.164 e. The molecule has 0 aliphatic heterocycles. The predicted molar refractivity (Wildman–Crippen MR) is 177 cm³/mol. The monoisotopic (exact) mass is 573 g/mol. The molecule has 5 heteroatoms. The van der Waals surface area contributed by atoms with Gasteiger partial charge in [0.1, 0.15) is 5.58 Å². The number of hydrogen-bond acceptors (Lipinski definition) is 4. The standard InChI is InChI=1S/C38H24ClN3O/c39-32-21-20-31(34-30-14-8-9-15-33(30)43-35(32)34)38-41-36(25-12-4-1-2-5-13-25)40-37(42-38)29-19-18-27-22-26(16-17-28(27)23-29)24-10-6-3-7-11-24/h1,3-23H,2H2. The molecule has 0 spiro atoms. The van der Waals surface area contributed by atoms with E-state index in [0.717, 1.165) is 50.2 Å². The molecule has 0 atom stereocenters. The van der Waals surface area contributed by atoms with E-state index in [2.05, 4.69) is 78.9 Å². The van der Waals surface area contributed by atoms with Gasteiger partial charge in [0, 0.05) is 27.5 Å². The first-order valence-electron chi connectivity index (χ1n) is 14.2. The summed E-state index contributed by atoms with van der Waals surface area (Å²) in [5.41, 5.74) is 6.46. The van der Waals surface area contributed by atoms with Crippen molar-refractivity contribution in [1.29, 1.82) is 0 Å². The highest BCUT2D eigenvalue weighted by molar-refractivity contribution is 6.36. The fraction of sp³-hybridized carbons (Fsp3) is 0.0263. The predicted octanol–water partition coefficient (Wildman–Crippen LogP) is 10.5. The Morgan fingerprint density at radius 3 is 2.26 bits per heavy atom. The lowest BCUT2D eigenvalue weighted by atomic mass is 10.00. The number of para-hydroxylation sites is 1. The fourth-order valence-corrected chi connectivity index (χ4v) is 5.86. The number of hydrogen-bond donors (Lipinski definition) is 0. The van der Waals surface area contributed by atoms with Crippen LogP contribution in [0, 0.1) is 0 Å². The molecule has 0 amide bonds. The summed E-state index contributed by atoms with van der Waals surface area (Å²) >= 11 is 6.62. The van der Waals surface area contributed by atoms with Crippen LogP contribution < -0.4 is 0 Å². The van der Waals surface area contributed by atoms with Gasteiger partial charge in [-0.2, -0.15) is 0 Å². The number of nitrogens with zero attached hydrogens (tertiary/aromatic N) is 3. The summed E-state index contributed by atoms with van der Waals surface area (Å²) in [4.78, 5) is 15.1. The van der Waals surface area contributed by atoms with Gasteiger partial charge in [-0.25, -0.2) is 15.0 Å². The Labute approximate surface area is 253 Å². The van der Waals surface area contributed by atoms with E-state index in [9.17, 15) is 0 Å². The zero-order valence-electron chi connectivity index (χ0n) is 23.0. The van der Waals surface area contributed by atoms with Crippen molar-refractivity contribution >= 4 is 49.9 Å². The summed E-state index contributed by atoms with van der Waals surface area (Å²) in [6.07, 6.45) is 11.2. The minimum Gasteiger partial charge on any atom is -0.454 e. The summed E-state index contributed by atoms with van der Waals surface area (Å²) in [5, 5.41) is 4.68. The van der Waals surface area contributed by atoms with Crippen LogP contribution in [0.1, 0.15) is 12.2 Å². The minimum absolute atomic E-state index is 0.549. The molecular formula is C38H24ClN3O. The second kappa shape index (κ2) is 10.5. The quantitative estimate of drug-likeness (QED) is 0.210. The lowest BCUT2D eigenvalue weighted by molar-refractivity contribution is 0.669. The Balaban J connectivity index is 1.32. The molecule has 0 saturated heterocycles. The Hall–Kier alpha value is -5.32. The van der Waals surface area contributed by atoms with E-state index in [-0.39, 0.29) is 0 Å². The number of benzene rings is 5. The van der Waals surface area contributed by atoms with E-state index in [1.54, 1.807) is 0 Å². The third-order valence-corrected chi connectivity index (χ3v) is 8.10. The van der Waals surface area contributed by atoms with Crippen LogP contribution >= 0.6 is 11.6 Å². The minimum atomic E-state index is 0.549. The molecule has 0 radical (unpaired) electrons. The lowest BCUT2D eigenvalue weighted by Gasteiger charge is -2.11. The van der Waals surface area contributed by atoms with Crippen LogP contribution in [0.2, 0.25) is 5.02 Å². The van der Waals surface area contributed by atoms with Gasteiger partial charge in [0.2, 0.25) is 0 Å². The van der Waals surface area contributed by atoms with Gasteiger partial charge in [0.15, 0.2) is 23.1 Å². The number of allylic oxidation sites excluding steroid dienone is 6. The first-order valence-corrected chi connectivity index (χ1v) is 14.6. The fourth-order valence-electron chi connectivity index (χ4n) is 5.66. The number of fused-ring (bicyclic) bond motifs is 4. The van der Waals surface area contributed by atoms with Crippen molar-refractivity contribution in [3.05, 3.63) is 144 Å². The molecule has 43 heavy (non-hydrogen) atoms. The Morgan fingerprint density at radius 1 is 0.628 bits per heavy atom. The van der Waals surface area contributed by atoms with Gasteiger partial charge < -0.3 is 4.42 Å². The maximum absolute atomic E-state index is 6.62. The molecular weight excluding hydrogens is 550 g/mol. The zero-order valence-corrected chi connectivity index (χ0v) is 23.8. The summed E-state index contributed by atoms with van der Waals surface area (Å²) in [6, 6.07) is 35.1. The van der Waals surface area contributed by atoms with Gasteiger partial charge in [-0.1, -0.05) is 115 Å². The number of aromatic nitrogens is 3. The average molecular weight is 574 g/mol.